The summed E-state index contributed by atoms with van der Waals surface area (Å²) in [5.41, 5.74) is 2.30. The first-order chi connectivity index (χ1) is 25.9. The normalized spacial score (nSPS) is 15.2. The SMILES string of the molecule is O.O.O.[Cu+2].[O-][Cl+3]([O-])([O-])[O-].[O-][Cl+3]([O-])([O-])[O-].[O-][Cl+3]([O-])([O-])[O-].[O-][Cl+3]([O-])([O-])[O-].[O-][Cl+3]([O-])([O-])[O-].[O-][Cl+3]([O-])([O-])[O-].[OH3+].c1cc2nc(c1)CNCCC[NH2+]CCC[NH2+]CC[NH2+]CCC[NH2+]CCCNC2. The molecule has 2 heterocycles. The number of hydrogen-bond donors (Lipinski definition) is 6. The van der Waals surface area contributed by atoms with Crippen molar-refractivity contribution in [2.24, 2.45) is 0 Å². The molecular formula is C21H54Cl6CuN7O28+. The van der Waals surface area contributed by atoms with E-state index in [1.54, 1.807) is 0 Å². The van der Waals surface area contributed by atoms with Crippen LogP contribution in [0, 0.1) is 61.5 Å². The second kappa shape index (κ2) is 49.9. The van der Waals surface area contributed by atoms with Crippen molar-refractivity contribution in [2.45, 2.75) is 38.8 Å². The van der Waals surface area contributed by atoms with Crippen molar-refractivity contribution in [1.82, 2.24) is 15.6 Å². The van der Waals surface area contributed by atoms with Gasteiger partial charge in [-0.2, -0.15) is 0 Å². The van der Waals surface area contributed by atoms with Crippen molar-refractivity contribution in [3.05, 3.63) is 29.6 Å². The Balaban J connectivity index is -0.0000000823. The van der Waals surface area contributed by atoms with E-state index in [-0.39, 0.29) is 39.0 Å². The number of fused-ring (bicyclic) bond motifs is 2. The Morgan fingerprint density at radius 3 is 0.778 bits per heavy atom. The van der Waals surface area contributed by atoms with Crippen LogP contribution < -0.4 is 144 Å². The minimum absolute atomic E-state index is 0. The number of nitrogens with two attached hydrogens (primary N) is 4. The molecule has 0 aliphatic carbocycles. The van der Waals surface area contributed by atoms with Crippen LogP contribution in [0.15, 0.2) is 18.2 Å². The molecule has 0 atom stereocenters. The zero-order chi connectivity index (χ0) is 46.5. The third-order valence-electron chi connectivity index (χ3n) is 5.21. The Morgan fingerprint density at radius 2 is 0.556 bits per heavy atom. The van der Waals surface area contributed by atoms with E-state index in [1.165, 1.54) is 78.0 Å². The molecule has 2 rings (SSSR count). The Bertz CT molecular complexity index is 881. The number of nitrogens with one attached hydrogen (secondary N) is 2. The van der Waals surface area contributed by atoms with Crippen LogP contribution in [0.4, 0.5) is 0 Å². The predicted octanol–water partition coefficient (Wildman–Crippen LogP) is -35.8. The molecule has 1 aliphatic heterocycles. The maximum absolute atomic E-state index is 8.49. The van der Waals surface area contributed by atoms with Gasteiger partial charge in [0, 0.05) is 51.9 Å². The smallest absolute Gasteiger partial charge is 0.457 e. The number of quaternary nitrogens is 4. The number of rotatable bonds is 0. The number of hydrogen-bond acceptors (Lipinski definition) is 27. The van der Waals surface area contributed by atoms with Crippen molar-refractivity contribution in [3.8, 4) is 0 Å². The molecule has 0 aromatic carbocycles. The van der Waals surface area contributed by atoms with E-state index < -0.39 is 61.5 Å². The molecular weight excluding hydrogens is 1070 g/mol. The largest absolute Gasteiger partial charge is 2.00 e. The van der Waals surface area contributed by atoms with E-state index in [9.17, 15) is 0 Å². The molecule has 1 aliphatic rings. The first-order valence-corrected chi connectivity index (χ1v) is 22.7. The van der Waals surface area contributed by atoms with E-state index in [4.69, 9.17) is 117 Å². The standard InChI is InChI=1S/C21H41N7.6ClHO4.Cu.4H2O/c1-6-20-18-26-14-4-10-22-8-2-12-24-16-17-25-13-3-9-23-11-5-15-27-19-21(7-1)28-20;6*2-1(3,4)5;;;;;/h1,6-7,22-27H,2-5,8-19H2;6*(H,2,3,4,5);;4*1H2/q;;;;;;;+2;;;;/p-1. The number of aromatic nitrogens is 1. The van der Waals surface area contributed by atoms with E-state index in [0.29, 0.717) is 0 Å². The van der Waals surface area contributed by atoms with Crippen LogP contribution in [0.3, 0.4) is 0 Å². The van der Waals surface area contributed by atoms with Crippen LogP contribution >= 0.6 is 0 Å². The monoisotopic (exact) mass is 1130 g/mol. The summed E-state index contributed by atoms with van der Waals surface area (Å²) in [6, 6.07) is 6.37. The Labute approximate surface area is 381 Å². The van der Waals surface area contributed by atoms with Crippen LogP contribution in [0.2, 0.25) is 0 Å². The number of halogens is 6. The second-order valence-corrected chi connectivity index (χ2v) is 14.7. The van der Waals surface area contributed by atoms with E-state index >= 15 is 0 Å². The minimum Gasteiger partial charge on any atom is -0.457 e. The van der Waals surface area contributed by atoms with Crippen LogP contribution in [-0.4, -0.2) is 86.9 Å². The van der Waals surface area contributed by atoms with E-state index in [0.717, 1.165) is 37.6 Å². The molecule has 0 unspecified atom stereocenters. The molecule has 63 heavy (non-hydrogen) atoms. The number of pyridine rings is 1. The molecule has 42 heteroatoms. The van der Waals surface area contributed by atoms with Gasteiger partial charge in [-0.3, -0.25) is 4.98 Å². The Morgan fingerprint density at radius 1 is 0.365 bits per heavy atom. The van der Waals surface area contributed by atoms with Crippen molar-refractivity contribution in [2.75, 3.05) is 65.4 Å². The van der Waals surface area contributed by atoms with Gasteiger partial charge in [0.2, 0.25) is 0 Å². The predicted molar refractivity (Wildman–Crippen MR) is 128 cm³/mol. The van der Waals surface area contributed by atoms with Crippen LogP contribution in [0.25, 0.3) is 0 Å². The zero-order valence-corrected chi connectivity index (χ0v) is 37.7. The van der Waals surface area contributed by atoms with E-state index in [2.05, 4.69) is 50.1 Å². The average Bonchev–Trinajstić information content (AvgIpc) is 2.94. The van der Waals surface area contributed by atoms with Gasteiger partial charge in [0.05, 0.1) is 50.7 Å². The Hall–Kier alpha value is 0.0495. The van der Waals surface area contributed by atoms with Gasteiger partial charge in [0.1, 0.15) is 13.1 Å². The van der Waals surface area contributed by atoms with Gasteiger partial charge in [-0.25, -0.2) is 112 Å². The maximum atomic E-state index is 8.49. The average molecular weight is 1130 g/mol. The zero-order valence-electron chi connectivity index (χ0n) is 32.2. The van der Waals surface area contributed by atoms with Crippen molar-refractivity contribution >= 4 is 0 Å². The fourth-order valence-electron chi connectivity index (χ4n) is 3.53. The fraction of sp³-hybridized carbons (Fsp3) is 0.762. The first kappa shape index (κ1) is 86.3. The van der Waals surface area contributed by atoms with Gasteiger partial charge in [-0.05, 0) is 12.1 Å². The third kappa shape index (κ3) is 182. The molecule has 0 saturated heterocycles. The molecule has 0 fully saturated rings. The molecule has 1 aromatic heterocycles. The summed E-state index contributed by atoms with van der Waals surface area (Å²) in [5.74, 6) is 0. The summed E-state index contributed by atoms with van der Waals surface area (Å²) >= 11 is 0. The first-order valence-electron chi connectivity index (χ1n) is 15.3. The summed E-state index contributed by atoms with van der Waals surface area (Å²) in [7, 11) is -29.7. The third-order valence-corrected chi connectivity index (χ3v) is 5.21. The van der Waals surface area contributed by atoms with Gasteiger partial charge >= 0.3 is 17.1 Å². The molecule has 393 valence electrons. The van der Waals surface area contributed by atoms with Crippen LogP contribution in [0.1, 0.15) is 37.1 Å². The molecule has 0 spiro atoms. The van der Waals surface area contributed by atoms with E-state index in [1.807, 2.05) is 0 Å². The van der Waals surface area contributed by atoms with Gasteiger partial charge in [0.25, 0.3) is 0 Å². The van der Waals surface area contributed by atoms with Crippen molar-refractivity contribution in [3.63, 3.8) is 0 Å². The summed E-state index contributed by atoms with van der Waals surface area (Å²) < 4.78 is 204. The van der Waals surface area contributed by atoms with Crippen molar-refractivity contribution < 1.29 is 234 Å². The quantitative estimate of drug-likeness (QED) is 0.104. The molecule has 0 saturated carbocycles. The van der Waals surface area contributed by atoms with Crippen LogP contribution in [-0.2, 0) is 35.6 Å². The molecule has 19 N–H and O–H groups in total. The molecule has 2 bridgehead atoms. The second-order valence-electron chi connectivity index (χ2n) is 10.1. The summed E-state index contributed by atoms with van der Waals surface area (Å²) in [6.45, 7) is 13.9. The minimum atomic E-state index is -4.94. The maximum Gasteiger partial charge on any atom is 2.00 e. The molecule has 1 radical (unpaired) electrons. The van der Waals surface area contributed by atoms with Gasteiger partial charge < -0.3 is 53.8 Å². The molecule has 0 amide bonds. The Kier molecular flexibility index (Phi) is 68.4. The van der Waals surface area contributed by atoms with Crippen LogP contribution in [0.5, 0.6) is 0 Å². The van der Waals surface area contributed by atoms with Crippen molar-refractivity contribution in [1.29, 1.82) is 0 Å². The molecule has 35 nitrogen and oxygen atoms in total. The van der Waals surface area contributed by atoms with Gasteiger partial charge in [-0.15, -0.1) is 61.5 Å². The number of nitrogens with zero attached hydrogens (tertiary/aromatic N) is 1. The molecule has 1 aromatic rings. The summed E-state index contributed by atoms with van der Waals surface area (Å²) in [6.07, 6.45) is 5.06. The van der Waals surface area contributed by atoms with Gasteiger partial charge in [-0.1, -0.05) is 6.07 Å². The summed E-state index contributed by atoms with van der Waals surface area (Å²) in [5, 5.41) is 17.0. The summed E-state index contributed by atoms with van der Waals surface area (Å²) in [4.78, 5) is 4.77. The topological polar surface area (TPSA) is 784 Å². The van der Waals surface area contributed by atoms with Gasteiger partial charge in [0.15, 0.2) is 0 Å². The fourth-order valence-corrected chi connectivity index (χ4v) is 3.53.